The zero-order valence-corrected chi connectivity index (χ0v) is 11.4. The Labute approximate surface area is 121 Å². The summed E-state index contributed by atoms with van der Waals surface area (Å²) in [6, 6.07) is 11.5. The van der Waals surface area contributed by atoms with Crippen molar-refractivity contribution in [3.63, 3.8) is 0 Å². The molecule has 0 spiro atoms. The second-order valence-corrected chi connectivity index (χ2v) is 4.54. The fraction of sp³-hybridized carbons (Fsp3) is 0.0667. The van der Waals surface area contributed by atoms with Crippen molar-refractivity contribution in [1.29, 1.82) is 0 Å². The molecule has 2 rings (SSSR count). The van der Waals surface area contributed by atoms with Gasteiger partial charge >= 0.3 is 6.09 Å². The van der Waals surface area contributed by atoms with Gasteiger partial charge in [-0.1, -0.05) is 6.07 Å². The normalized spacial score (nSPS) is 9.95. The molecule has 0 atom stereocenters. The van der Waals surface area contributed by atoms with Gasteiger partial charge in [0.15, 0.2) is 0 Å². The fourth-order valence-corrected chi connectivity index (χ4v) is 1.88. The van der Waals surface area contributed by atoms with E-state index >= 15 is 0 Å². The van der Waals surface area contributed by atoms with E-state index in [9.17, 15) is 9.59 Å². The van der Waals surface area contributed by atoms with Gasteiger partial charge in [-0.05, 0) is 48.9 Å². The van der Waals surface area contributed by atoms with Crippen molar-refractivity contribution >= 4 is 29.1 Å². The number of anilines is 3. The highest BCUT2D eigenvalue weighted by Gasteiger charge is 2.09. The van der Waals surface area contributed by atoms with Gasteiger partial charge in [-0.15, -0.1) is 0 Å². The Bertz CT molecular complexity index is 698. The highest BCUT2D eigenvalue weighted by atomic mass is 16.4. The predicted octanol–water partition coefficient (Wildman–Crippen LogP) is 2.92. The van der Waals surface area contributed by atoms with Gasteiger partial charge in [0.05, 0.1) is 0 Å². The molecule has 0 saturated heterocycles. The molecule has 0 fully saturated rings. The van der Waals surface area contributed by atoms with Crippen molar-refractivity contribution < 1.29 is 14.7 Å². The van der Waals surface area contributed by atoms with Gasteiger partial charge in [-0.25, -0.2) is 4.79 Å². The number of amides is 2. The quantitative estimate of drug-likeness (QED) is 0.651. The largest absolute Gasteiger partial charge is 0.465 e. The van der Waals surface area contributed by atoms with Crippen LogP contribution in [0.3, 0.4) is 0 Å². The Morgan fingerprint density at radius 1 is 1.10 bits per heavy atom. The first-order chi connectivity index (χ1) is 9.95. The van der Waals surface area contributed by atoms with Gasteiger partial charge in [-0.2, -0.15) is 0 Å². The van der Waals surface area contributed by atoms with Gasteiger partial charge < -0.3 is 16.2 Å². The highest BCUT2D eigenvalue weighted by molar-refractivity contribution is 6.05. The number of nitrogen functional groups attached to an aromatic ring is 1. The molecule has 6 heteroatoms. The first-order valence-corrected chi connectivity index (χ1v) is 6.23. The third kappa shape index (κ3) is 3.73. The lowest BCUT2D eigenvalue weighted by Crippen LogP contribution is -2.13. The number of aryl methyl sites for hydroxylation is 1. The number of nitrogens with one attached hydrogen (secondary N) is 2. The summed E-state index contributed by atoms with van der Waals surface area (Å²) in [6.45, 7) is 1.78. The van der Waals surface area contributed by atoms with Crippen molar-refractivity contribution in [3.8, 4) is 0 Å². The Hall–Kier alpha value is -3.02. The van der Waals surface area contributed by atoms with E-state index in [0.717, 1.165) is 5.56 Å². The van der Waals surface area contributed by atoms with Crippen LogP contribution in [-0.2, 0) is 0 Å². The predicted molar refractivity (Wildman–Crippen MR) is 81.6 cm³/mol. The highest BCUT2D eigenvalue weighted by Crippen LogP contribution is 2.20. The van der Waals surface area contributed by atoms with E-state index in [2.05, 4.69) is 10.6 Å². The molecule has 0 aromatic heterocycles. The molecule has 2 amide bonds. The van der Waals surface area contributed by atoms with Crippen molar-refractivity contribution in [2.75, 3.05) is 16.4 Å². The summed E-state index contributed by atoms with van der Waals surface area (Å²) in [4.78, 5) is 22.7. The molecule has 0 bridgehead atoms. The van der Waals surface area contributed by atoms with Crippen LogP contribution in [0.25, 0.3) is 0 Å². The minimum absolute atomic E-state index is 0.274. The van der Waals surface area contributed by atoms with Crippen LogP contribution >= 0.6 is 0 Å². The maximum absolute atomic E-state index is 12.1. The van der Waals surface area contributed by atoms with Crippen LogP contribution in [0.5, 0.6) is 0 Å². The maximum atomic E-state index is 12.1. The van der Waals surface area contributed by atoms with Crippen molar-refractivity contribution in [1.82, 2.24) is 0 Å². The van der Waals surface area contributed by atoms with Gasteiger partial charge in [0.25, 0.3) is 5.91 Å². The summed E-state index contributed by atoms with van der Waals surface area (Å²) in [5.41, 5.74) is 8.42. The van der Waals surface area contributed by atoms with E-state index in [1.807, 2.05) is 0 Å². The fourth-order valence-electron chi connectivity index (χ4n) is 1.88. The molecule has 0 radical (unpaired) electrons. The third-order valence-electron chi connectivity index (χ3n) is 2.87. The van der Waals surface area contributed by atoms with Gasteiger partial charge in [0.1, 0.15) is 0 Å². The molecule has 21 heavy (non-hydrogen) atoms. The Morgan fingerprint density at radius 2 is 1.86 bits per heavy atom. The summed E-state index contributed by atoms with van der Waals surface area (Å²) in [6.07, 6.45) is -1.13. The number of hydrogen-bond donors (Lipinski definition) is 4. The van der Waals surface area contributed by atoms with Gasteiger partial charge in [0.2, 0.25) is 0 Å². The minimum atomic E-state index is -1.13. The molecule has 0 aliphatic heterocycles. The molecule has 2 aromatic rings. The maximum Gasteiger partial charge on any atom is 0.409 e. The SMILES string of the molecule is Cc1cc(NC(=O)O)ccc1NC(=O)c1cccc(N)c1. The number of nitrogens with two attached hydrogens (primary N) is 1. The second kappa shape index (κ2) is 5.96. The van der Waals surface area contributed by atoms with Crippen LogP contribution < -0.4 is 16.4 Å². The average molecular weight is 285 g/mol. The number of carbonyl (C=O) groups excluding carboxylic acids is 1. The Balaban J connectivity index is 2.16. The number of carboxylic acid groups (broad SMARTS) is 1. The molecule has 2 aromatic carbocycles. The standard InChI is InChI=1S/C15H15N3O3/c1-9-7-12(17-15(20)21)5-6-13(9)18-14(19)10-3-2-4-11(16)8-10/h2-8,17H,16H2,1H3,(H,18,19)(H,20,21). The van der Waals surface area contributed by atoms with Crippen LogP contribution in [0.4, 0.5) is 21.9 Å². The topological polar surface area (TPSA) is 104 Å². The lowest BCUT2D eigenvalue weighted by atomic mass is 10.1. The zero-order valence-electron chi connectivity index (χ0n) is 11.4. The van der Waals surface area contributed by atoms with Crippen molar-refractivity contribution in [2.24, 2.45) is 0 Å². The Morgan fingerprint density at radius 3 is 2.48 bits per heavy atom. The average Bonchev–Trinajstić information content (AvgIpc) is 2.41. The summed E-state index contributed by atoms with van der Waals surface area (Å²) < 4.78 is 0. The molecule has 0 heterocycles. The van der Waals surface area contributed by atoms with Crippen LogP contribution in [0.2, 0.25) is 0 Å². The number of rotatable bonds is 3. The van der Waals surface area contributed by atoms with Gasteiger partial charge in [0, 0.05) is 22.6 Å². The second-order valence-electron chi connectivity index (χ2n) is 4.54. The molecule has 0 saturated carbocycles. The molecular formula is C15H15N3O3. The van der Waals surface area contributed by atoms with E-state index in [4.69, 9.17) is 10.8 Å². The summed E-state index contributed by atoms with van der Waals surface area (Å²) >= 11 is 0. The van der Waals surface area contributed by atoms with E-state index in [-0.39, 0.29) is 5.91 Å². The summed E-state index contributed by atoms with van der Waals surface area (Å²) in [5.74, 6) is -0.274. The molecule has 0 aliphatic carbocycles. The molecule has 0 unspecified atom stereocenters. The molecule has 108 valence electrons. The first-order valence-electron chi connectivity index (χ1n) is 6.23. The van der Waals surface area contributed by atoms with Crippen LogP contribution in [0.1, 0.15) is 15.9 Å². The van der Waals surface area contributed by atoms with Crippen LogP contribution in [0.15, 0.2) is 42.5 Å². The number of carbonyl (C=O) groups is 2. The lowest BCUT2D eigenvalue weighted by molar-refractivity contribution is 0.102. The van der Waals surface area contributed by atoms with Crippen molar-refractivity contribution in [3.05, 3.63) is 53.6 Å². The van der Waals surface area contributed by atoms with Crippen LogP contribution in [0, 0.1) is 6.92 Å². The minimum Gasteiger partial charge on any atom is -0.465 e. The Kier molecular flexibility index (Phi) is 4.08. The zero-order chi connectivity index (χ0) is 15.4. The van der Waals surface area contributed by atoms with Crippen LogP contribution in [-0.4, -0.2) is 17.1 Å². The molecule has 0 aliphatic rings. The summed E-state index contributed by atoms with van der Waals surface area (Å²) in [7, 11) is 0. The number of hydrogen-bond acceptors (Lipinski definition) is 3. The molecule has 5 N–H and O–H groups in total. The van der Waals surface area contributed by atoms with E-state index in [1.54, 1.807) is 49.4 Å². The van der Waals surface area contributed by atoms with E-state index in [0.29, 0.717) is 22.6 Å². The third-order valence-corrected chi connectivity index (χ3v) is 2.87. The monoisotopic (exact) mass is 285 g/mol. The smallest absolute Gasteiger partial charge is 0.409 e. The molecular weight excluding hydrogens is 270 g/mol. The first kappa shape index (κ1) is 14.4. The van der Waals surface area contributed by atoms with E-state index < -0.39 is 6.09 Å². The molecule has 6 nitrogen and oxygen atoms in total. The van der Waals surface area contributed by atoms with Gasteiger partial charge in [-0.3, -0.25) is 10.1 Å². The summed E-state index contributed by atoms with van der Waals surface area (Å²) in [5, 5.41) is 13.7. The van der Waals surface area contributed by atoms with E-state index in [1.165, 1.54) is 0 Å². The van der Waals surface area contributed by atoms with Crippen molar-refractivity contribution in [2.45, 2.75) is 6.92 Å². The lowest BCUT2D eigenvalue weighted by Gasteiger charge is -2.10. The number of benzene rings is 2.